The second-order valence-corrected chi connectivity index (χ2v) is 10.5. The first kappa shape index (κ1) is 22.1. The quantitative estimate of drug-likeness (QED) is 0.313. The van der Waals surface area contributed by atoms with Crippen LogP contribution in [0.5, 0.6) is 5.75 Å². The van der Waals surface area contributed by atoms with Gasteiger partial charge < -0.3 is 5.11 Å². The van der Waals surface area contributed by atoms with Gasteiger partial charge in [0.2, 0.25) is 0 Å². The molecule has 0 unspecified atom stereocenters. The zero-order valence-electron chi connectivity index (χ0n) is 19.3. The Balaban J connectivity index is 1.64. The number of aromatic hydroxyl groups is 1. The van der Waals surface area contributed by atoms with Crippen molar-refractivity contribution in [3.8, 4) is 5.75 Å². The fourth-order valence-electron chi connectivity index (χ4n) is 5.22. The number of thiophene rings is 1. The fraction of sp³-hybridized carbons (Fsp3) is 0.429. The molecule has 1 saturated carbocycles. The summed E-state index contributed by atoms with van der Waals surface area (Å²) in [4.78, 5) is 19.7. The Morgan fingerprint density at radius 2 is 1.88 bits per heavy atom. The van der Waals surface area contributed by atoms with Gasteiger partial charge in [0.25, 0.3) is 5.56 Å². The number of phenolic OH excluding ortho intramolecular Hbond substituents is 1. The Bertz CT molecular complexity index is 1320. The highest BCUT2D eigenvalue weighted by molar-refractivity contribution is 7.25. The lowest BCUT2D eigenvalue weighted by Gasteiger charge is -2.15. The lowest BCUT2D eigenvalue weighted by molar-refractivity contribution is 0.481. The van der Waals surface area contributed by atoms with Gasteiger partial charge in [-0.15, -0.1) is 11.3 Å². The van der Waals surface area contributed by atoms with Crippen LogP contribution in [0.15, 0.2) is 47.3 Å². The molecule has 0 atom stereocenters. The number of unbranched alkanes of at least 4 members (excludes halogenated alkanes) is 1. The molecule has 33 heavy (non-hydrogen) atoms. The van der Waals surface area contributed by atoms with E-state index >= 15 is 0 Å². The molecule has 1 aliphatic carbocycles. The van der Waals surface area contributed by atoms with Gasteiger partial charge in [-0.05, 0) is 48.4 Å². The van der Waals surface area contributed by atoms with E-state index in [1.165, 1.54) is 37.0 Å². The summed E-state index contributed by atoms with van der Waals surface area (Å²) in [6.45, 7) is 2.69. The van der Waals surface area contributed by atoms with Crippen molar-refractivity contribution in [3.63, 3.8) is 0 Å². The van der Waals surface area contributed by atoms with E-state index in [4.69, 9.17) is 4.98 Å². The van der Waals surface area contributed by atoms with Gasteiger partial charge in [0.1, 0.15) is 16.4 Å². The number of rotatable bonds is 8. The van der Waals surface area contributed by atoms with Crippen molar-refractivity contribution in [1.29, 1.82) is 0 Å². The van der Waals surface area contributed by atoms with E-state index in [1.54, 1.807) is 0 Å². The summed E-state index contributed by atoms with van der Waals surface area (Å²) in [5, 5.41) is 12.2. The first-order valence-corrected chi connectivity index (χ1v) is 13.2. The van der Waals surface area contributed by atoms with Crippen molar-refractivity contribution in [3.05, 3.63) is 69.8 Å². The molecule has 0 bridgehead atoms. The number of phenols is 1. The monoisotopic (exact) mass is 460 g/mol. The minimum absolute atomic E-state index is 0.0172. The molecular formula is C28H32N2O2S. The highest BCUT2D eigenvalue weighted by Crippen LogP contribution is 2.38. The number of nitrogens with zero attached hydrogens (tertiary/aromatic N) is 2. The Morgan fingerprint density at radius 3 is 2.64 bits per heavy atom. The summed E-state index contributed by atoms with van der Waals surface area (Å²) >= 11 is 1.45. The van der Waals surface area contributed by atoms with Gasteiger partial charge in [-0.25, -0.2) is 4.98 Å². The van der Waals surface area contributed by atoms with E-state index in [1.807, 2.05) is 28.8 Å². The maximum absolute atomic E-state index is 13.9. The normalized spacial score (nSPS) is 14.6. The van der Waals surface area contributed by atoms with Crippen LogP contribution in [0.3, 0.4) is 0 Å². The summed E-state index contributed by atoms with van der Waals surface area (Å²) in [5.41, 5.74) is 2.21. The largest absolute Gasteiger partial charge is 0.506 e. The molecule has 1 fully saturated rings. The number of aryl methyl sites for hydroxylation is 2. The number of hydrogen-bond acceptors (Lipinski definition) is 4. The molecule has 0 aliphatic heterocycles. The van der Waals surface area contributed by atoms with Crippen LogP contribution in [-0.4, -0.2) is 14.7 Å². The highest BCUT2D eigenvalue weighted by Gasteiger charge is 2.21. The Kier molecular flexibility index (Phi) is 6.50. The molecule has 172 valence electrons. The van der Waals surface area contributed by atoms with E-state index < -0.39 is 0 Å². The first-order chi connectivity index (χ1) is 16.1. The smallest absolute Gasteiger partial charge is 0.263 e. The lowest BCUT2D eigenvalue weighted by Crippen LogP contribution is -2.26. The zero-order chi connectivity index (χ0) is 22.8. The first-order valence-electron chi connectivity index (χ1n) is 12.4. The van der Waals surface area contributed by atoms with Crippen LogP contribution in [0.1, 0.15) is 68.8 Å². The van der Waals surface area contributed by atoms with Crippen LogP contribution in [0.25, 0.3) is 20.3 Å². The molecule has 0 amide bonds. The maximum atomic E-state index is 13.9. The van der Waals surface area contributed by atoms with Crippen LogP contribution in [-0.2, 0) is 19.4 Å². The third kappa shape index (κ3) is 4.56. The SMILES string of the molecule is CCCCc1cc(O)c2sc3nc(CCC4CCCC4)n(Cc4ccccc4)c(=O)c3c2c1. The number of benzene rings is 2. The lowest BCUT2D eigenvalue weighted by atomic mass is 10.0. The van der Waals surface area contributed by atoms with Crippen LogP contribution in [0.2, 0.25) is 0 Å². The van der Waals surface area contributed by atoms with E-state index in [0.717, 1.165) is 69.9 Å². The molecule has 4 aromatic rings. The summed E-state index contributed by atoms with van der Waals surface area (Å²) in [5.74, 6) is 1.89. The molecule has 5 heteroatoms. The highest BCUT2D eigenvalue weighted by atomic mass is 32.1. The molecule has 5 rings (SSSR count). The minimum Gasteiger partial charge on any atom is -0.506 e. The fourth-order valence-corrected chi connectivity index (χ4v) is 6.30. The predicted molar refractivity (Wildman–Crippen MR) is 137 cm³/mol. The molecule has 0 spiro atoms. The second kappa shape index (κ2) is 9.68. The molecule has 1 N–H and O–H groups in total. The van der Waals surface area contributed by atoms with E-state index in [2.05, 4.69) is 25.1 Å². The average molecular weight is 461 g/mol. The van der Waals surface area contributed by atoms with Crippen LogP contribution in [0.4, 0.5) is 0 Å². The zero-order valence-corrected chi connectivity index (χ0v) is 20.2. The topological polar surface area (TPSA) is 55.1 Å². The van der Waals surface area contributed by atoms with Gasteiger partial charge in [0.15, 0.2) is 0 Å². The number of aromatic nitrogens is 2. The maximum Gasteiger partial charge on any atom is 0.263 e. The Labute approximate surface area is 198 Å². The Hall–Kier alpha value is -2.66. The van der Waals surface area contributed by atoms with E-state index in [-0.39, 0.29) is 11.3 Å². The van der Waals surface area contributed by atoms with Crippen molar-refractivity contribution < 1.29 is 5.11 Å². The van der Waals surface area contributed by atoms with Crippen LogP contribution < -0.4 is 5.56 Å². The molecule has 4 nitrogen and oxygen atoms in total. The van der Waals surface area contributed by atoms with Crippen molar-refractivity contribution >= 4 is 31.6 Å². The van der Waals surface area contributed by atoms with Gasteiger partial charge >= 0.3 is 0 Å². The van der Waals surface area contributed by atoms with Crippen molar-refractivity contribution in [2.24, 2.45) is 5.92 Å². The van der Waals surface area contributed by atoms with Gasteiger partial charge in [-0.2, -0.15) is 0 Å². The standard InChI is InChI=1S/C28H32N2O2S/c1-2-3-9-21-16-22-25-27(33-26(22)23(31)17-21)29-24(15-14-19-10-7-8-11-19)30(28(25)32)18-20-12-5-4-6-13-20/h4-6,12-13,16-17,19,31H,2-3,7-11,14-15,18H2,1H3. The molecule has 1 aliphatic rings. The average Bonchev–Trinajstić information content (AvgIpc) is 3.47. The van der Waals surface area contributed by atoms with E-state index in [0.29, 0.717) is 11.9 Å². The van der Waals surface area contributed by atoms with Crippen molar-refractivity contribution in [1.82, 2.24) is 9.55 Å². The number of fused-ring (bicyclic) bond motifs is 3. The molecular weight excluding hydrogens is 428 g/mol. The second-order valence-electron chi connectivity index (χ2n) is 9.47. The Morgan fingerprint density at radius 1 is 1.09 bits per heavy atom. The molecule has 2 heterocycles. The molecule has 0 radical (unpaired) electrons. The third-order valence-electron chi connectivity index (χ3n) is 7.07. The summed E-state index contributed by atoms with van der Waals surface area (Å²) in [6, 6.07) is 14.1. The third-order valence-corrected chi connectivity index (χ3v) is 8.19. The van der Waals surface area contributed by atoms with Gasteiger partial charge in [0.05, 0.1) is 16.6 Å². The predicted octanol–water partition coefficient (Wildman–Crippen LogP) is 6.83. The van der Waals surface area contributed by atoms with Gasteiger partial charge in [0, 0.05) is 11.8 Å². The van der Waals surface area contributed by atoms with Crippen molar-refractivity contribution in [2.45, 2.75) is 71.3 Å². The molecule has 2 aromatic heterocycles. The summed E-state index contributed by atoms with van der Waals surface area (Å²) < 4.78 is 2.66. The summed E-state index contributed by atoms with van der Waals surface area (Å²) in [6.07, 6.45) is 10.2. The van der Waals surface area contributed by atoms with Gasteiger partial charge in [-0.3, -0.25) is 9.36 Å². The van der Waals surface area contributed by atoms with Crippen LogP contribution in [0, 0.1) is 5.92 Å². The number of hydrogen-bond donors (Lipinski definition) is 1. The molecule has 0 saturated heterocycles. The van der Waals surface area contributed by atoms with Gasteiger partial charge in [-0.1, -0.05) is 69.4 Å². The van der Waals surface area contributed by atoms with E-state index in [9.17, 15) is 9.90 Å². The molecule has 2 aromatic carbocycles. The van der Waals surface area contributed by atoms with Crippen LogP contribution >= 0.6 is 11.3 Å². The summed E-state index contributed by atoms with van der Waals surface area (Å²) in [7, 11) is 0. The van der Waals surface area contributed by atoms with Crippen molar-refractivity contribution in [2.75, 3.05) is 0 Å². The minimum atomic E-state index is 0.0172.